The first-order chi connectivity index (χ1) is 13.7. The molecule has 0 amide bonds. The zero-order valence-electron chi connectivity index (χ0n) is 16.0. The average molecular weight is 399 g/mol. The maximum atomic E-state index is 6.09. The van der Waals surface area contributed by atoms with Gasteiger partial charge in [0.1, 0.15) is 37.4 Å². The molecule has 1 atom stereocenters. The lowest BCUT2D eigenvalue weighted by Gasteiger charge is -2.12. The number of nitrogens with zero attached hydrogens (tertiary/aromatic N) is 4. The summed E-state index contributed by atoms with van der Waals surface area (Å²) in [5.41, 5.74) is 2.09. The first-order valence-electron chi connectivity index (χ1n) is 9.20. The normalized spacial score (nSPS) is 12.2. The van der Waals surface area contributed by atoms with Gasteiger partial charge >= 0.3 is 0 Å². The number of benzene rings is 2. The highest BCUT2D eigenvalue weighted by atomic mass is 35.5. The SMILES string of the molecule is CC[C@@H](C)c1ccc(OCCOc2ccc(Cl)cc2/C=N\n2cnnc2)cc1. The van der Waals surface area contributed by atoms with Gasteiger partial charge in [-0.1, -0.05) is 37.6 Å². The molecule has 0 radical (unpaired) electrons. The number of halogens is 1. The summed E-state index contributed by atoms with van der Waals surface area (Å²) in [5, 5.41) is 12.3. The summed E-state index contributed by atoms with van der Waals surface area (Å²) in [5.74, 6) is 2.07. The molecule has 28 heavy (non-hydrogen) atoms. The van der Waals surface area contributed by atoms with E-state index in [9.17, 15) is 0 Å². The van der Waals surface area contributed by atoms with E-state index in [1.165, 1.54) is 22.9 Å². The second-order valence-corrected chi connectivity index (χ2v) is 6.78. The Balaban J connectivity index is 1.54. The third-order valence-electron chi connectivity index (χ3n) is 4.38. The van der Waals surface area contributed by atoms with Gasteiger partial charge in [0.15, 0.2) is 0 Å². The van der Waals surface area contributed by atoms with Gasteiger partial charge in [0.05, 0.1) is 6.21 Å². The Hall–Kier alpha value is -2.86. The Kier molecular flexibility index (Phi) is 7.03. The molecule has 0 saturated heterocycles. The van der Waals surface area contributed by atoms with Gasteiger partial charge in [-0.3, -0.25) is 0 Å². The van der Waals surface area contributed by atoms with Crippen molar-refractivity contribution in [2.75, 3.05) is 13.2 Å². The van der Waals surface area contributed by atoms with E-state index >= 15 is 0 Å². The van der Waals surface area contributed by atoms with Crippen molar-refractivity contribution in [3.05, 3.63) is 71.3 Å². The number of hydrogen-bond acceptors (Lipinski definition) is 5. The number of ether oxygens (including phenoxy) is 2. The van der Waals surface area contributed by atoms with Crippen LogP contribution in [-0.4, -0.2) is 34.3 Å². The quantitative estimate of drug-likeness (QED) is 0.384. The fraction of sp³-hybridized carbons (Fsp3) is 0.286. The largest absolute Gasteiger partial charge is 0.490 e. The van der Waals surface area contributed by atoms with E-state index < -0.39 is 0 Å². The van der Waals surface area contributed by atoms with Gasteiger partial charge in [0, 0.05) is 10.6 Å². The molecular formula is C21H23ClN4O2. The van der Waals surface area contributed by atoms with Crippen LogP contribution in [0.4, 0.5) is 0 Å². The highest BCUT2D eigenvalue weighted by Gasteiger charge is 2.05. The first-order valence-corrected chi connectivity index (χ1v) is 9.57. The van der Waals surface area contributed by atoms with Crippen LogP contribution in [0.25, 0.3) is 0 Å². The second kappa shape index (κ2) is 9.90. The lowest BCUT2D eigenvalue weighted by molar-refractivity contribution is 0.217. The van der Waals surface area contributed by atoms with E-state index in [1.54, 1.807) is 18.3 Å². The maximum absolute atomic E-state index is 6.09. The van der Waals surface area contributed by atoms with Crippen LogP contribution in [0.15, 0.2) is 60.2 Å². The zero-order chi connectivity index (χ0) is 19.8. The van der Waals surface area contributed by atoms with E-state index in [-0.39, 0.29) is 0 Å². The number of rotatable bonds is 9. The Labute approximate surface area is 169 Å². The predicted molar refractivity (Wildman–Crippen MR) is 111 cm³/mol. The molecular weight excluding hydrogens is 376 g/mol. The van der Waals surface area contributed by atoms with E-state index in [0.29, 0.717) is 29.9 Å². The third kappa shape index (κ3) is 5.57. The molecule has 2 aromatic carbocycles. The van der Waals surface area contributed by atoms with E-state index in [1.807, 2.05) is 18.2 Å². The molecule has 0 bridgehead atoms. The molecule has 1 aromatic heterocycles. The highest BCUT2D eigenvalue weighted by Crippen LogP contribution is 2.23. The van der Waals surface area contributed by atoms with E-state index in [0.717, 1.165) is 17.7 Å². The van der Waals surface area contributed by atoms with Crippen LogP contribution in [-0.2, 0) is 0 Å². The van der Waals surface area contributed by atoms with Gasteiger partial charge in [-0.2, -0.15) is 5.10 Å². The molecule has 0 unspecified atom stereocenters. The molecule has 6 nitrogen and oxygen atoms in total. The topological polar surface area (TPSA) is 61.5 Å². The summed E-state index contributed by atoms with van der Waals surface area (Å²) in [6.45, 7) is 5.25. The standard InChI is InChI=1S/C21H23ClN4O2/c1-3-16(2)17-4-7-20(8-5-17)27-10-11-28-21-9-6-19(22)12-18(21)13-25-26-14-23-24-15-26/h4-9,12-16H,3,10-11H2,1-2H3/b25-13-/t16-/m1/s1. The summed E-state index contributed by atoms with van der Waals surface area (Å²) < 4.78 is 13.1. The lowest BCUT2D eigenvalue weighted by Crippen LogP contribution is -2.10. The van der Waals surface area contributed by atoms with Crippen molar-refractivity contribution in [2.45, 2.75) is 26.2 Å². The fourth-order valence-corrected chi connectivity index (χ4v) is 2.76. The molecule has 0 aliphatic heterocycles. The van der Waals surface area contributed by atoms with Gasteiger partial charge in [-0.15, -0.1) is 10.2 Å². The Bertz CT molecular complexity index is 895. The Morgan fingerprint density at radius 2 is 1.79 bits per heavy atom. The molecule has 0 spiro atoms. The third-order valence-corrected chi connectivity index (χ3v) is 4.61. The molecule has 0 aliphatic rings. The van der Waals surface area contributed by atoms with Crippen LogP contribution in [0.5, 0.6) is 11.5 Å². The minimum atomic E-state index is 0.405. The van der Waals surface area contributed by atoms with Gasteiger partial charge < -0.3 is 9.47 Å². The molecule has 3 rings (SSSR count). The van der Waals surface area contributed by atoms with Crippen LogP contribution < -0.4 is 9.47 Å². The van der Waals surface area contributed by atoms with Gasteiger partial charge in [0.2, 0.25) is 0 Å². The summed E-state index contributed by atoms with van der Waals surface area (Å²) >= 11 is 6.09. The minimum absolute atomic E-state index is 0.405. The van der Waals surface area contributed by atoms with Crippen LogP contribution in [0, 0.1) is 0 Å². The van der Waals surface area contributed by atoms with Crippen molar-refractivity contribution >= 4 is 17.8 Å². The Morgan fingerprint density at radius 1 is 1.07 bits per heavy atom. The maximum Gasteiger partial charge on any atom is 0.141 e. The molecule has 3 aromatic rings. The molecule has 0 aliphatic carbocycles. The second-order valence-electron chi connectivity index (χ2n) is 6.34. The predicted octanol–water partition coefficient (Wildman–Crippen LogP) is 4.79. The number of hydrogen-bond donors (Lipinski definition) is 0. The summed E-state index contributed by atoms with van der Waals surface area (Å²) in [7, 11) is 0. The molecule has 0 N–H and O–H groups in total. The summed E-state index contributed by atoms with van der Waals surface area (Å²) in [4.78, 5) is 0. The molecule has 0 fully saturated rings. The summed E-state index contributed by atoms with van der Waals surface area (Å²) in [6.07, 6.45) is 5.78. The molecule has 0 saturated carbocycles. The van der Waals surface area contributed by atoms with Crippen LogP contribution in [0.1, 0.15) is 37.3 Å². The van der Waals surface area contributed by atoms with E-state index in [2.05, 4.69) is 41.3 Å². The van der Waals surface area contributed by atoms with Crippen molar-refractivity contribution in [3.8, 4) is 11.5 Å². The monoisotopic (exact) mass is 398 g/mol. The van der Waals surface area contributed by atoms with Crippen molar-refractivity contribution in [1.29, 1.82) is 0 Å². The summed E-state index contributed by atoms with van der Waals surface area (Å²) in [6, 6.07) is 13.6. The van der Waals surface area contributed by atoms with Crippen LogP contribution in [0.2, 0.25) is 5.02 Å². The first kappa shape index (κ1) is 19.9. The van der Waals surface area contributed by atoms with E-state index in [4.69, 9.17) is 21.1 Å². The minimum Gasteiger partial charge on any atom is -0.490 e. The average Bonchev–Trinajstić information content (AvgIpc) is 3.24. The van der Waals surface area contributed by atoms with Gasteiger partial charge in [-0.05, 0) is 48.2 Å². The van der Waals surface area contributed by atoms with Crippen molar-refractivity contribution in [2.24, 2.45) is 5.10 Å². The Morgan fingerprint density at radius 3 is 2.50 bits per heavy atom. The molecule has 1 heterocycles. The van der Waals surface area contributed by atoms with Crippen LogP contribution >= 0.6 is 11.6 Å². The molecule has 7 heteroatoms. The molecule has 146 valence electrons. The van der Waals surface area contributed by atoms with Crippen molar-refractivity contribution in [1.82, 2.24) is 14.9 Å². The van der Waals surface area contributed by atoms with Crippen LogP contribution in [0.3, 0.4) is 0 Å². The van der Waals surface area contributed by atoms with Gasteiger partial charge in [-0.25, -0.2) is 4.68 Å². The van der Waals surface area contributed by atoms with Crippen molar-refractivity contribution < 1.29 is 9.47 Å². The van der Waals surface area contributed by atoms with Gasteiger partial charge in [0.25, 0.3) is 0 Å². The number of aromatic nitrogens is 3. The smallest absolute Gasteiger partial charge is 0.141 e. The highest BCUT2D eigenvalue weighted by molar-refractivity contribution is 6.30. The van der Waals surface area contributed by atoms with Crippen molar-refractivity contribution in [3.63, 3.8) is 0 Å². The fourth-order valence-electron chi connectivity index (χ4n) is 2.57. The zero-order valence-corrected chi connectivity index (χ0v) is 16.7. The lowest BCUT2D eigenvalue weighted by atomic mass is 9.99.